The number of hydrogen-bond acceptors (Lipinski definition) is 8. The van der Waals surface area contributed by atoms with Gasteiger partial charge in [0, 0.05) is 16.8 Å². The summed E-state index contributed by atoms with van der Waals surface area (Å²) >= 11 is 12.0. The fraction of sp³-hybridized carbons (Fsp3) is 0.300. The second-order valence-corrected chi connectivity index (χ2v) is 7.30. The minimum absolute atomic E-state index is 0.0477. The summed E-state index contributed by atoms with van der Waals surface area (Å²) in [4.78, 5) is 40.7. The highest BCUT2D eigenvalue weighted by Crippen LogP contribution is 2.36. The second kappa shape index (κ2) is 11.4. The zero-order chi connectivity index (χ0) is 23.8. The van der Waals surface area contributed by atoms with Crippen LogP contribution in [0, 0.1) is 0 Å². The third-order valence-electron chi connectivity index (χ3n) is 4.19. The lowest BCUT2D eigenvalue weighted by Gasteiger charge is -2.20. The van der Waals surface area contributed by atoms with Crippen molar-refractivity contribution in [2.24, 2.45) is 0 Å². The van der Waals surface area contributed by atoms with Gasteiger partial charge < -0.3 is 30.9 Å². The summed E-state index contributed by atoms with van der Waals surface area (Å²) in [6.45, 7) is 1.34. The number of ether oxygens (including phenoxy) is 2. The predicted molar refractivity (Wildman–Crippen MR) is 118 cm³/mol. The number of aromatic hydroxyl groups is 1. The molecule has 0 fully saturated rings. The highest BCUT2D eigenvalue weighted by molar-refractivity contribution is 6.35. The van der Waals surface area contributed by atoms with Gasteiger partial charge in [0.15, 0.2) is 0 Å². The van der Waals surface area contributed by atoms with Crippen molar-refractivity contribution in [3.63, 3.8) is 0 Å². The van der Waals surface area contributed by atoms with Crippen molar-refractivity contribution < 1.29 is 29.0 Å². The number of phenolic OH excluding ortho intramolecular Hbond substituents is 1. The number of methoxy groups -OCH3 is 1. The minimum Gasteiger partial charge on any atom is -0.506 e. The predicted octanol–water partition coefficient (Wildman–Crippen LogP) is 2.23. The van der Waals surface area contributed by atoms with E-state index in [1.54, 1.807) is 6.92 Å². The standard InChI is InChI=1S/C20H22Cl2N4O6/c1-3-32-17(28)7-15(12-5-11(21)6-13(22)18(12)29)26-16(27)9-24-19(30)10-4-14(23)20(31-2)25-8-10/h4-6,8,15,29H,3,7,9,23H2,1-2H3,(H,24,30)(H,26,27)/t15-/m0/s1. The molecule has 0 aliphatic rings. The van der Waals surface area contributed by atoms with Gasteiger partial charge in [-0.15, -0.1) is 0 Å². The molecule has 10 nitrogen and oxygen atoms in total. The monoisotopic (exact) mass is 484 g/mol. The number of halogens is 2. The van der Waals surface area contributed by atoms with Crippen molar-refractivity contribution in [2.75, 3.05) is 26.0 Å². The summed E-state index contributed by atoms with van der Waals surface area (Å²) in [5.74, 6) is -2.03. The number of nitrogens with zero attached hydrogens (tertiary/aromatic N) is 1. The van der Waals surface area contributed by atoms with Gasteiger partial charge in [-0.2, -0.15) is 0 Å². The van der Waals surface area contributed by atoms with Gasteiger partial charge >= 0.3 is 5.97 Å². The van der Waals surface area contributed by atoms with E-state index in [-0.39, 0.29) is 51.5 Å². The first kappa shape index (κ1) is 25.0. The van der Waals surface area contributed by atoms with E-state index in [1.165, 1.54) is 31.5 Å². The molecule has 0 saturated carbocycles. The van der Waals surface area contributed by atoms with Crippen LogP contribution in [-0.4, -0.2) is 48.1 Å². The summed E-state index contributed by atoms with van der Waals surface area (Å²) in [5, 5.41) is 15.4. The molecule has 1 heterocycles. The Morgan fingerprint density at radius 1 is 1.25 bits per heavy atom. The number of amides is 2. The molecule has 2 rings (SSSR count). The second-order valence-electron chi connectivity index (χ2n) is 6.46. The summed E-state index contributed by atoms with van der Waals surface area (Å²) in [7, 11) is 1.39. The van der Waals surface area contributed by atoms with E-state index in [9.17, 15) is 19.5 Å². The third-order valence-corrected chi connectivity index (χ3v) is 4.69. The number of aromatic nitrogens is 1. The van der Waals surface area contributed by atoms with Crippen molar-refractivity contribution in [3.8, 4) is 11.6 Å². The van der Waals surface area contributed by atoms with Crippen LogP contribution in [0.25, 0.3) is 0 Å². The Hall–Kier alpha value is -3.24. The Morgan fingerprint density at radius 2 is 1.97 bits per heavy atom. The summed E-state index contributed by atoms with van der Waals surface area (Å²) in [6.07, 6.45) is 0.953. The van der Waals surface area contributed by atoms with E-state index >= 15 is 0 Å². The van der Waals surface area contributed by atoms with Gasteiger partial charge in [-0.25, -0.2) is 4.98 Å². The number of nitrogens with two attached hydrogens (primary N) is 1. The van der Waals surface area contributed by atoms with Crippen molar-refractivity contribution in [2.45, 2.75) is 19.4 Å². The molecule has 2 aromatic rings. The number of nitrogen functional groups attached to an aromatic ring is 1. The molecule has 0 radical (unpaired) electrons. The molecule has 12 heteroatoms. The number of esters is 1. The summed E-state index contributed by atoms with van der Waals surface area (Å²) in [6, 6.07) is 3.04. The number of carbonyl (C=O) groups excluding carboxylic acids is 3. The SMILES string of the molecule is CCOC(=O)C[C@H](NC(=O)CNC(=O)c1cnc(OC)c(N)c1)c1cc(Cl)cc(Cl)c1O. The van der Waals surface area contributed by atoms with Crippen LogP contribution in [0.5, 0.6) is 11.6 Å². The van der Waals surface area contributed by atoms with Gasteiger partial charge in [0.1, 0.15) is 5.75 Å². The van der Waals surface area contributed by atoms with Gasteiger partial charge in [0.05, 0.1) is 49.0 Å². The molecule has 0 unspecified atom stereocenters. The zero-order valence-corrected chi connectivity index (χ0v) is 18.8. The number of phenols is 1. The Kier molecular flexibility index (Phi) is 8.91. The third kappa shape index (κ3) is 6.63. The van der Waals surface area contributed by atoms with E-state index in [4.69, 9.17) is 38.4 Å². The van der Waals surface area contributed by atoms with Gasteiger partial charge in [-0.05, 0) is 25.1 Å². The van der Waals surface area contributed by atoms with E-state index in [0.29, 0.717) is 0 Å². The summed E-state index contributed by atoms with van der Waals surface area (Å²) in [5.41, 5.74) is 6.14. The first-order valence-electron chi connectivity index (χ1n) is 9.36. The molecule has 0 aliphatic heterocycles. The molecular formula is C20H22Cl2N4O6. The molecule has 32 heavy (non-hydrogen) atoms. The number of hydrogen-bond donors (Lipinski definition) is 4. The van der Waals surface area contributed by atoms with Crippen LogP contribution in [-0.2, 0) is 14.3 Å². The lowest BCUT2D eigenvalue weighted by Crippen LogP contribution is -2.39. The van der Waals surface area contributed by atoms with Crippen LogP contribution < -0.4 is 21.1 Å². The molecule has 0 spiro atoms. The molecule has 0 saturated heterocycles. The molecule has 2 amide bonds. The van der Waals surface area contributed by atoms with Crippen molar-refractivity contribution in [1.29, 1.82) is 0 Å². The number of benzene rings is 1. The largest absolute Gasteiger partial charge is 0.506 e. The molecule has 1 atom stereocenters. The maximum Gasteiger partial charge on any atom is 0.308 e. The fourth-order valence-corrected chi connectivity index (χ4v) is 3.26. The smallest absolute Gasteiger partial charge is 0.308 e. The molecular weight excluding hydrogens is 463 g/mol. The quantitative estimate of drug-likeness (QED) is 0.395. The Morgan fingerprint density at radius 3 is 2.59 bits per heavy atom. The normalized spacial score (nSPS) is 11.4. The number of anilines is 1. The topological polar surface area (TPSA) is 153 Å². The maximum absolute atomic E-state index is 12.5. The van der Waals surface area contributed by atoms with Crippen LogP contribution in [0.3, 0.4) is 0 Å². The van der Waals surface area contributed by atoms with Crippen LogP contribution >= 0.6 is 23.2 Å². The lowest BCUT2D eigenvalue weighted by molar-refractivity contribution is -0.143. The Labute approximate surface area is 194 Å². The Bertz CT molecular complexity index is 1020. The molecule has 0 bridgehead atoms. The minimum atomic E-state index is -1.01. The van der Waals surface area contributed by atoms with Gasteiger partial charge in [0.25, 0.3) is 5.91 Å². The molecule has 5 N–H and O–H groups in total. The summed E-state index contributed by atoms with van der Waals surface area (Å²) < 4.78 is 9.86. The fourth-order valence-electron chi connectivity index (χ4n) is 2.75. The van der Waals surface area contributed by atoms with E-state index < -0.39 is 30.4 Å². The van der Waals surface area contributed by atoms with Gasteiger partial charge in [0.2, 0.25) is 11.8 Å². The molecule has 0 aliphatic carbocycles. The average Bonchev–Trinajstić information content (AvgIpc) is 2.74. The van der Waals surface area contributed by atoms with Crippen LogP contribution in [0.15, 0.2) is 24.4 Å². The number of rotatable bonds is 9. The van der Waals surface area contributed by atoms with Crippen LogP contribution in [0.1, 0.15) is 35.3 Å². The van der Waals surface area contributed by atoms with Crippen molar-refractivity contribution >= 4 is 46.7 Å². The zero-order valence-electron chi connectivity index (χ0n) is 17.3. The average molecular weight is 485 g/mol. The first-order chi connectivity index (χ1) is 15.2. The van der Waals surface area contributed by atoms with Gasteiger partial charge in [-0.3, -0.25) is 14.4 Å². The first-order valence-corrected chi connectivity index (χ1v) is 10.1. The highest BCUT2D eigenvalue weighted by Gasteiger charge is 2.24. The number of nitrogens with one attached hydrogen (secondary N) is 2. The number of carbonyl (C=O) groups is 3. The van der Waals surface area contributed by atoms with Crippen LogP contribution in [0.2, 0.25) is 10.0 Å². The molecule has 1 aromatic carbocycles. The van der Waals surface area contributed by atoms with Crippen molar-refractivity contribution in [1.82, 2.24) is 15.6 Å². The molecule has 1 aromatic heterocycles. The van der Waals surface area contributed by atoms with Crippen LogP contribution in [0.4, 0.5) is 5.69 Å². The highest BCUT2D eigenvalue weighted by atomic mass is 35.5. The lowest BCUT2D eigenvalue weighted by atomic mass is 10.0. The maximum atomic E-state index is 12.5. The molecule has 172 valence electrons. The van der Waals surface area contributed by atoms with Crippen molar-refractivity contribution in [3.05, 3.63) is 45.6 Å². The number of pyridine rings is 1. The Balaban J connectivity index is 2.12. The van der Waals surface area contributed by atoms with Gasteiger partial charge in [-0.1, -0.05) is 23.2 Å². The van der Waals surface area contributed by atoms with E-state index in [2.05, 4.69) is 15.6 Å². The van der Waals surface area contributed by atoms with E-state index in [0.717, 1.165) is 0 Å². The van der Waals surface area contributed by atoms with E-state index in [1.807, 2.05) is 0 Å².